The van der Waals surface area contributed by atoms with Gasteiger partial charge in [0.2, 0.25) is 5.97 Å². The van der Waals surface area contributed by atoms with Crippen LogP contribution in [0.1, 0.15) is 43.6 Å². The molecule has 0 amide bonds. The van der Waals surface area contributed by atoms with Gasteiger partial charge in [-0.3, -0.25) is 9.97 Å². The topological polar surface area (TPSA) is 76.0 Å². The molecule has 0 aliphatic carbocycles. The first-order valence-electron chi connectivity index (χ1n) is 25.6. The maximum absolute atomic E-state index is 10.2. The monoisotopic (exact) mass is 1070 g/mol. The summed E-state index contributed by atoms with van der Waals surface area (Å²) in [4.78, 5) is 23.2. The summed E-state index contributed by atoms with van der Waals surface area (Å²) in [7, 11) is 0. The fourth-order valence-electron chi connectivity index (χ4n) is 7.52. The summed E-state index contributed by atoms with van der Waals surface area (Å²) in [5.41, 5.74) is 9.85. The number of nitrogens with zero attached hydrogens (tertiary/aromatic N) is 3. The van der Waals surface area contributed by atoms with Crippen LogP contribution in [0.4, 0.5) is 0 Å². The van der Waals surface area contributed by atoms with E-state index in [9.17, 15) is 10.3 Å². The van der Waals surface area contributed by atoms with Crippen LogP contribution in [-0.2, 0) is 45.6 Å². The van der Waals surface area contributed by atoms with Gasteiger partial charge in [0.25, 0.3) is 0 Å². The van der Waals surface area contributed by atoms with Crippen LogP contribution in [0, 0.1) is 12.1 Å². The average molecular weight is 1070 g/mol. The smallest absolute Gasteiger partial charge is 0.247 e. The number of pyridine rings is 3. The molecule has 0 bridgehead atoms. The number of aromatic nitrogens is 3. The van der Waals surface area contributed by atoms with E-state index in [1.54, 1.807) is 24.4 Å². The fourth-order valence-corrected chi connectivity index (χ4v) is 7.52. The number of aromatic carboxylic acids is 1. The first-order chi connectivity index (χ1) is 36.1. The van der Waals surface area contributed by atoms with Gasteiger partial charge in [-0.1, -0.05) is 145 Å². The molecule has 5 nitrogen and oxygen atoms in total. The standard InChI is InChI=1S/C55H42N3.C7H5O2.Ir/c1-3-13-44(14-4-1)45-23-25-46(26-24-45)47-27-29-48(30-28-47)53-36-55(49-15-5-2-6-16-49)58-39-54(53)52-18-8-7-17-51(52)50-34-42(21-19-40-11-9-31-56-37-40)33-43(35-50)22-20-41-12-10-32-57-38-41;8-7(9)6-4-2-1-3-5-6;/h1-15,17-18,23-39H,19-22H2;1-4H,(H,8,9);/q2*-1;/i19D2,20D2,21D2,22D2;;. The Bertz CT molecular complexity index is 3480. The second kappa shape index (κ2) is 23.0. The summed E-state index contributed by atoms with van der Waals surface area (Å²) in [5.74, 6) is -0.935. The van der Waals surface area contributed by atoms with Gasteiger partial charge in [-0.05, 0) is 116 Å². The van der Waals surface area contributed by atoms with Crippen molar-refractivity contribution in [3.8, 4) is 66.9 Å². The number of aryl methyl sites for hydroxylation is 4. The summed E-state index contributed by atoms with van der Waals surface area (Å²) < 4.78 is 74.2. The van der Waals surface area contributed by atoms with E-state index >= 15 is 0 Å². The molecule has 0 unspecified atom stereocenters. The number of benzene rings is 7. The Morgan fingerprint density at radius 1 is 0.441 bits per heavy atom. The third kappa shape index (κ3) is 11.9. The Labute approximate surface area is 423 Å². The van der Waals surface area contributed by atoms with Crippen molar-refractivity contribution in [1.29, 1.82) is 0 Å². The van der Waals surface area contributed by atoms with Gasteiger partial charge in [0.1, 0.15) is 0 Å². The second-order valence-electron chi connectivity index (χ2n) is 15.3. The average Bonchev–Trinajstić information content (AvgIpc) is 3.46. The Kier molecular flexibility index (Phi) is 12.6. The summed E-state index contributed by atoms with van der Waals surface area (Å²) in [5, 5.41) is 8.35. The molecule has 3 heterocycles. The molecule has 1 N–H and O–H groups in total. The predicted octanol–water partition coefficient (Wildman–Crippen LogP) is 14.4. The molecule has 0 spiro atoms. The van der Waals surface area contributed by atoms with Crippen LogP contribution in [-0.4, -0.2) is 26.0 Å². The van der Waals surface area contributed by atoms with Gasteiger partial charge < -0.3 is 14.9 Å². The summed E-state index contributed by atoms with van der Waals surface area (Å²) >= 11 is 0. The van der Waals surface area contributed by atoms with Crippen LogP contribution < -0.4 is 0 Å². The second-order valence-corrected chi connectivity index (χ2v) is 15.3. The van der Waals surface area contributed by atoms with Crippen molar-refractivity contribution in [3.63, 3.8) is 0 Å². The minimum Gasteiger partial charge on any atom is -0.521 e. The molecule has 0 aliphatic heterocycles. The van der Waals surface area contributed by atoms with Gasteiger partial charge in [0.15, 0.2) is 0 Å². The number of rotatable bonds is 13. The van der Waals surface area contributed by atoms with Crippen molar-refractivity contribution in [2.24, 2.45) is 0 Å². The molecule has 6 heteroatoms. The van der Waals surface area contributed by atoms with Crippen LogP contribution in [0.3, 0.4) is 0 Å². The quantitative estimate of drug-likeness (QED) is 0.116. The maximum atomic E-state index is 10.2. The minimum atomic E-state index is -2.75. The van der Waals surface area contributed by atoms with E-state index < -0.39 is 31.5 Å². The molecule has 0 atom stereocenters. The zero-order chi connectivity index (χ0) is 52.8. The van der Waals surface area contributed by atoms with E-state index in [4.69, 9.17) is 15.6 Å². The molecule has 1 radical (unpaired) electrons. The SMILES string of the molecule is O=C(O)c1[c-]cccc1.[2H]C([2H])(c1cccnc1)C([2H])([2H])c1cc(-c2ccccc2-c2cnc(-c3[c-]cccc3)cc2-c2ccc(-c3ccc(-c4ccccc4)cc3)cc2)cc(C([2H])([2H])C([2H])([2H])c2cccnc2)c1.[Ir]. The first-order valence-corrected chi connectivity index (χ1v) is 21.6. The number of carboxylic acid groups (broad SMARTS) is 1. The van der Waals surface area contributed by atoms with Gasteiger partial charge in [-0.15, -0.1) is 66.2 Å². The van der Waals surface area contributed by atoms with Crippen LogP contribution in [0.2, 0.25) is 0 Å². The third-order valence-electron chi connectivity index (χ3n) is 10.8. The van der Waals surface area contributed by atoms with Crippen molar-refractivity contribution in [2.75, 3.05) is 0 Å². The van der Waals surface area contributed by atoms with E-state index in [0.717, 1.165) is 44.5 Å². The molecule has 0 saturated heterocycles. The Hall–Kier alpha value is -7.89. The predicted molar refractivity (Wildman–Crippen MR) is 271 cm³/mol. The number of hydrogen-bond acceptors (Lipinski definition) is 4. The molecule has 10 rings (SSSR count). The van der Waals surface area contributed by atoms with Crippen molar-refractivity contribution in [2.45, 2.75) is 25.5 Å². The molecular formula is C62H47IrN3O2-2. The van der Waals surface area contributed by atoms with Crippen LogP contribution in [0.15, 0.2) is 231 Å². The van der Waals surface area contributed by atoms with Gasteiger partial charge in [-0.25, -0.2) is 0 Å². The zero-order valence-corrected chi connectivity index (χ0v) is 38.9. The van der Waals surface area contributed by atoms with E-state index in [0.29, 0.717) is 22.4 Å². The molecular weight excluding hydrogens is 1010 g/mol. The minimum absolute atomic E-state index is 0. The first kappa shape index (κ1) is 37.2. The van der Waals surface area contributed by atoms with E-state index in [1.165, 1.54) is 73.3 Å². The summed E-state index contributed by atoms with van der Waals surface area (Å²) in [6, 6.07) is 66.8. The van der Waals surface area contributed by atoms with Crippen LogP contribution >= 0.6 is 0 Å². The van der Waals surface area contributed by atoms with Gasteiger partial charge in [0.05, 0.1) is 0 Å². The fraction of sp³-hybridized carbons (Fsp3) is 0.0645. The van der Waals surface area contributed by atoms with Gasteiger partial charge >= 0.3 is 0 Å². The zero-order valence-electron chi connectivity index (χ0n) is 44.5. The van der Waals surface area contributed by atoms with E-state index in [2.05, 4.69) is 82.8 Å². The third-order valence-corrected chi connectivity index (χ3v) is 10.8. The van der Waals surface area contributed by atoms with Crippen LogP contribution in [0.5, 0.6) is 0 Å². The van der Waals surface area contributed by atoms with E-state index in [1.807, 2.05) is 72.8 Å². The number of hydrogen-bond donors (Lipinski definition) is 1. The normalized spacial score (nSPS) is 13.2. The Balaban J connectivity index is 0.000000695. The van der Waals surface area contributed by atoms with Gasteiger partial charge in [-0.2, -0.15) is 0 Å². The molecule has 0 aliphatic rings. The van der Waals surface area contributed by atoms with Crippen molar-refractivity contribution in [3.05, 3.63) is 271 Å². The van der Waals surface area contributed by atoms with Gasteiger partial charge in [0, 0.05) is 67.6 Å². The van der Waals surface area contributed by atoms with Crippen LogP contribution in [0.25, 0.3) is 66.9 Å². The van der Waals surface area contributed by atoms with Crippen molar-refractivity contribution in [1.82, 2.24) is 15.0 Å². The molecule has 0 fully saturated rings. The van der Waals surface area contributed by atoms with E-state index in [-0.39, 0.29) is 47.9 Å². The molecule has 7 aromatic carbocycles. The number of carbonyl (C=O) groups is 1. The van der Waals surface area contributed by atoms with Crippen molar-refractivity contribution >= 4 is 5.97 Å². The summed E-state index contributed by atoms with van der Waals surface area (Å²) in [6.07, 6.45) is -3.47. The molecule has 0 saturated carbocycles. The summed E-state index contributed by atoms with van der Waals surface area (Å²) in [6.45, 7) is 0. The molecule has 3 aromatic heterocycles. The Morgan fingerprint density at radius 2 is 0.956 bits per heavy atom. The largest absolute Gasteiger partial charge is 0.521 e. The molecule has 10 aromatic rings. The molecule has 68 heavy (non-hydrogen) atoms. The molecule has 333 valence electrons. The van der Waals surface area contributed by atoms with Crippen molar-refractivity contribution < 1.29 is 41.0 Å². The number of carboxylic acids is 1. The Morgan fingerprint density at radius 3 is 1.47 bits per heavy atom. The maximum Gasteiger partial charge on any atom is 0.247 e.